The summed E-state index contributed by atoms with van der Waals surface area (Å²) < 4.78 is 0. The molecule has 0 spiro atoms. The lowest BCUT2D eigenvalue weighted by Gasteiger charge is -2.01. The number of nitrogens with one attached hydrogen (secondary N) is 1. The van der Waals surface area contributed by atoms with Gasteiger partial charge in [-0.3, -0.25) is 25.7 Å². The van der Waals surface area contributed by atoms with Gasteiger partial charge >= 0.3 is 5.69 Å². The van der Waals surface area contributed by atoms with Crippen molar-refractivity contribution < 1.29 is 9.85 Å². The van der Waals surface area contributed by atoms with E-state index >= 15 is 0 Å². The van der Waals surface area contributed by atoms with Gasteiger partial charge in [0.25, 0.3) is 5.69 Å². The molecule has 8 heteroatoms. The molecule has 110 valence electrons. The summed E-state index contributed by atoms with van der Waals surface area (Å²) >= 11 is 0. The second kappa shape index (κ2) is 7.53. The number of hydrogen-bond acceptors (Lipinski definition) is 6. The van der Waals surface area contributed by atoms with Crippen molar-refractivity contribution >= 4 is 23.3 Å². The van der Waals surface area contributed by atoms with Crippen LogP contribution in [0.1, 0.15) is 13.8 Å². The van der Waals surface area contributed by atoms with Crippen LogP contribution in [0.25, 0.3) is 0 Å². The zero-order valence-corrected chi connectivity index (χ0v) is 11.5. The summed E-state index contributed by atoms with van der Waals surface area (Å²) in [5.41, 5.74) is 2.93. The topological polar surface area (TPSA) is 111 Å². The maximum Gasteiger partial charge on any atom is 0.301 e. The van der Waals surface area contributed by atoms with Crippen molar-refractivity contribution in [3.63, 3.8) is 0 Å². The molecule has 0 radical (unpaired) electrons. The van der Waals surface area contributed by atoms with Crippen molar-refractivity contribution in [3.8, 4) is 0 Å². The van der Waals surface area contributed by atoms with Crippen LogP contribution in [0.5, 0.6) is 0 Å². The van der Waals surface area contributed by atoms with Gasteiger partial charge in [-0.05, 0) is 26.0 Å². The Labute approximate surface area is 120 Å². The lowest BCUT2D eigenvalue weighted by atomic mass is 10.2. The number of hydrogen-bond donors (Lipinski definition) is 1. The Morgan fingerprint density at radius 2 is 1.90 bits per heavy atom. The Morgan fingerprint density at radius 1 is 1.19 bits per heavy atom. The van der Waals surface area contributed by atoms with E-state index in [1.165, 1.54) is 18.3 Å². The second-order valence-electron chi connectivity index (χ2n) is 4.23. The Balaban J connectivity index is 2.86. The summed E-state index contributed by atoms with van der Waals surface area (Å²) in [6.07, 6.45) is 6.72. The van der Waals surface area contributed by atoms with Crippen LogP contribution in [0.2, 0.25) is 0 Å². The van der Waals surface area contributed by atoms with E-state index in [0.717, 1.165) is 11.6 Å². The quantitative estimate of drug-likeness (QED) is 0.373. The molecule has 1 N–H and O–H groups in total. The molecule has 0 bridgehead atoms. The maximum absolute atomic E-state index is 10.9. The summed E-state index contributed by atoms with van der Waals surface area (Å²) in [5, 5.41) is 25.3. The minimum absolute atomic E-state index is 0.0810. The van der Waals surface area contributed by atoms with E-state index in [4.69, 9.17) is 0 Å². The number of rotatable bonds is 6. The molecular formula is C13H14N4O4. The first kappa shape index (κ1) is 16.0. The number of nitrogens with zero attached hydrogens (tertiary/aromatic N) is 3. The predicted octanol–water partition coefficient (Wildman–Crippen LogP) is 3.42. The Bertz CT molecular complexity index is 631. The van der Waals surface area contributed by atoms with Crippen LogP contribution in [0, 0.1) is 20.2 Å². The number of nitro benzene ring substituents is 2. The molecule has 0 aliphatic rings. The van der Waals surface area contributed by atoms with Gasteiger partial charge in [0.1, 0.15) is 5.69 Å². The number of allylic oxidation sites excluding steroid dienone is 4. The molecule has 0 atom stereocenters. The van der Waals surface area contributed by atoms with Crippen molar-refractivity contribution in [1.29, 1.82) is 0 Å². The number of hydrazone groups is 1. The standard InChI is InChI=1S/C13H14N4O4/c1-10(2)5-3-4-8-14-15-12-7-6-11(16(18)19)9-13(12)17(20)21/h3-9,15H,1-2H3/b4-3+,14-8-. The molecule has 0 amide bonds. The highest BCUT2D eigenvalue weighted by Gasteiger charge is 2.18. The number of anilines is 1. The van der Waals surface area contributed by atoms with E-state index in [9.17, 15) is 20.2 Å². The first-order valence-electron chi connectivity index (χ1n) is 5.94. The van der Waals surface area contributed by atoms with Crippen LogP contribution in [0.3, 0.4) is 0 Å². The Kier molecular flexibility index (Phi) is 5.75. The monoisotopic (exact) mass is 290 g/mol. The lowest BCUT2D eigenvalue weighted by Crippen LogP contribution is -1.98. The summed E-state index contributed by atoms with van der Waals surface area (Å²) in [6.45, 7) is 3.89. The minimum atomic E-state index is -0.704. The van der Waals surface area contributed by atoms with E-state index in [1.807, 2.05) is 19.9 Å². The average molecular weight is 290 g/mol. The molecule has 0 saturated heterocycles. The van der Waals surface area contributed by atoms with Crippen LogP contribution in [-0.4, -0.2) is 16.1 Å². The third-order valence-electron chi connectivity index (χ3n) is 2.28. The molecule has 1 aromatic rings. The van der Waals surface area contributed by atoms with Crippen molar-refractivity contribution in [3.05, 3.63) is 62.2 Å². The predicted molar refractivity (Wildman–Crippen MR) is 80.4 cm³/mol. The summed E-state index contributed by atoms with van der Waals surface area (Å²) in [4.78, 5) is 20.1. The summed E-state index contributed by atoms with van der Waals surface area (Å²) in [7, 11) is 0. The zero-order valence-electron chi connectivity index (χ0n) is 11.5. The van der Waals surface area contributed by atoms with Crippen LogP contribution < -0.4 is 5.43 Å². The average Bonchev–Trinajstić information content (AvgIpc) is 2.42. The first-order chi connectivity index (χ1) is 9.91. The Hall–Kier alpha value is -3.03. The van der Waals surface area contributed by atoms with Gasteiger partial charge in [0.05, 0.1) is 15.9 Å². The van der Waals surface area contributed by atoms with Gasteiger partial charge in [-0.25, -0.2) is 0 Å². The maximum atomic E-state index is 10.9. The normalized spacial score (nSPS) is 10.8. The zero-order chi connectivity index (χ0) is 15.8. The van der Waals surface area contributed by atoms with Crippen LogP contribution in [0.4, 0.5) is 17.1 Å². The highest BCUT2D eigenvalue weighted by Crippen LogP contribution is 2.28. The molecule has 0 unspecified atom stereocenters. The fraction of sp³-hybridized carbons (Fsp3) is 0.154. The molecule has 0 saturated carbocycles. The number of benzene rings is 1. The van der Waals surface area contributed by atoms with Gasteiger partial charge in [0.15, 0.2) is 0 Å². The van der Waals surface area contributed by atoms with E-state index in [1.54, 1.807) is 12.2 Å². The van der Waals surface area contributed by atoms with Gasteiger partial charge < -0.3 is 0 Å². The third kappa shape index (κ3) is 5.23. The van der Waals surface area contributed by atoms with Crippen molar-refractivity contribution in [1.82, 2.24) is 0 Å². The third-order valence-corrected chi connectivity index (χ3v) is 2.28. The first-order valence-corrected chi connectivity index (χ1v) is 5.94. The highest BCUT2D eigenvalue weighted by molar-refractivity contribution is 5.74. The molecular weight excluding hydrogens is 276 g/mol. The molecule has 0 aliphatic heterocycles. The molecule has 1 rings (SSSR count). The molecule has 0 fully saturated rings. The molecule has 8 nitrogen and oxygen atoms in total. The van der Waals surface area contributed by atoms with Crippen LogP contribution in [0.15, 0.2) is 47.1 Å². The summed E-state index contributed by atoms with van der Waals surface area (Å²) in [6, 6.07) is 3.30. The van der Waals surface area contributed by atoms with Gasteiger partial charge in [-0.2, -0.15) is 5.10 Å². The van der Waals surface area contributed by atoms with E-state index in [2.05, 4.69) is 10.5 Å². The van der Waals surface area contributed by atoms with Gasteiger partial charge in [-0.15, -0.1) is 0 Å². The van der Waals surface area contributed by atoms with Crippen LogP contribution in [-0.2, 0) is 0 Å². The van der Waals surface area contributed by atoms with Crippen molar-refractivity contribution in [2.45, 2.75) is 13.8 Å². The number of nitro groups is 2. The molecule has 21 heavy (non-hydrogen) atoms. The fourth-order valence-corrected chi connectivity index (χ4v) is 1.33. The van der Waals surface area contributed by atoms with Crippen molar-refractivity contribution in [2.24, 2.45) is 5.10 Å². The Morgan fingerprint density at radius 3 is 2.48 bits per heavy atom. The lowest BCUT2D eigenvalue weighted by molar-refractivity contribution is -0.393. The van der Waals surface area contributed by atoms with E-state index in [0.29, 0.717) is 0 Å². The largest absolute Gasteiger partial charge is 0.301 e. The molecule has 0 aliphatic carbocycles. The van der Waals surface area contributed by atoms with Gasteiger partial charge in [-0.1, -0.05) is 17.7 Å². The fourth-order valence-electron chi connectivity index (χ4n) is 1.33. The van der Waals surface area contributed by atoms with Crippen molar-refractivity contribution in [2.75, 3.05) is 5.43 Å². The van der Waals surface area contributed by atoms with E-state index < -0.39 is 15.5 Å². The second-order valence-corrected chi connectivity index (χ2v) is 4.23. The number of non-ortho nitro benzene ring substituents is 1. The minimum Gasteiger partial charge on any atom is -0.272 e. The molecule has 1 aromatic carbocycles. The van der Waals surface area contributed by atoms with Gasteiger partial charge in [0, 0.05) is 12.3 Å². The molecule has 0 aromatic heterocycles. The smallest absolute Gasteiger partial charge is 0.272 e. The molecule has 0 heterocycles. The van der Waals surface area contributed by atoms with Gasteiger partial charge in [0.2, 0.25) is 0 Å². The van der Waals surface area contributed by atoms with Crippen LogP contribution >= 0.6 is 0 Å². The van der Waals surface area contributed by atoms with E-state index in [-0.39, 0.29) is 11.4 Å². The SMILES string of the molecule is CC(C)=C/C=C/C=N\Nc1ccc([N+](=O)[O-])cc1[N+](=O)[O-]. The summed E-state index contributed by atoms with van der Waals surface area (Å²) in [5.74, 6) is 0. The highest BCUT2D eigenvalue weighted by atomic mass is 16.6.